The number of likely N-dealkylation sites (N-methyl/N-ethyl adjacent to an activating group) is 2. The molecule has 35 heavy (non-hydrogen) atoms. The van der Waals surface area contributed by atoms with E-state index in [1.54, 1.807) is 18.7 Å². The molecule has 1 amide bonds. The fourth-order valence-corrected chi connectivity index (χ4v) is 4.08. The first-order valence-corrected chi connectivity index (χ1v) is 11.9. The van der Waals surface area contributed by atoms with Crippen LogP contribution in [0.15, 0.2) is 49.1 Å². The molecule has 2 N–H and O–H groups in total. The third-order valence-electron chi connectivity index (χ3n) is 6.07. The zero-order valence-electron chi connectivity index (χ0n) is 21.1. The molecule has 1 aromatic carbocycles. The average molecular weight is 475 g/mol. The van der Waals surface area contributed by atoms with E-state index in [0.29, 0.717) is 17.8 Å². The number of imidazole rings is 1. The monoisotopic (exact) mass is 474 g/mol. The Morgan fingerprint density at radius 2 is 2.03 bits per heavy atom. The van der Waals surface area contributed by atoms with Gasteiger partial charge in [0.05, 0.1) is 41.4 Å². The van der Waals surface area contributed by atoms with Crippen LogP contribution in [0.25, 0.3) is 22.3 Å². The first kappa shape index (κ1) is 24.6. The van der Waals surface area contributed by atoms with Gasteiger partial charge in [-0.3, -0.25) is 4.79 Å². The molecule has 9 nitrogen and oxygen atoms in total. The molecule has 0 unspecified atom stereocenters. The summed E-state index contributed by atoms with van der Waals surface area (Å²) >= 11 is 0. The van der Waals surface area contributed by atoms with E-state index in [9.17, 15) is 4.79 Å². The van der Waals surface area contributed by atoms with Gasteiger partial charge < -0.3 is 20.1 Å². The quantitative estimate of drug-likeness (QED) is 0.367. The number of rotatable bonds is 10. The van der Waals surface area contributed by atoms with E-state index in [1.807, 2.05) is 41.5 Å². The Bertz CT molecular complexity index is 1310. The molecule has 4 rings (SSSR count). The normalized spacial score (nSPS) is 11.6. The molecule has 3 aromatic heterocycles. The molecule has 0 aliphatic rings. The van der Waals surface area contributed by atoms with Crippen molar-refractivity contribution in [1.29, 1.82) is 0 Å². The topological polar surface area (TPSA) is 92.9 Å². The number of aryl methyl sites for hydroxylation is 1. The minimum atomic E-state index is -0.161. The summed E-state index contributed by atoms with van der Waals surface area (Å²) < 4.78 is 3.76. The molecule has 0 atom stereocenters. The van der Waals surface area contributed by atoms with Crippen LogP contribution in [-0.4, -0.2) is 62.3 Å². The molecule has 3 heterocycles. The predicted octanol–water partition coefficient (Wildman–Crippen LogP) is 2.99. The molecule has 0 aliphatic heterocycles. The second-order valence-corrected chi connectivity index (χ2v) is 9.20. The fourth-order valence-electron chi connectivity index (χ4n) is 4.08. The number of carbonyl (C=O) groups excluding carboxylic acids is 1. The summed E-state index contributed by atoms with van der Waals surface area (Å²) in [5.74, 6) is -0.161. The van der Waals surface area contributed by atoms with Gasteiger partial charge in [0.15, 0.2) is 5.65 Å². The second-order valence-electron chi connectivity index (χ2n) is 9.20. The smallest absolute Gasteiger partial charge is 0.252 e. The van der Waals surface area contributed by atoms with Gasteiger partial charge >= 0.3 is 0 Å². The van der Waals surface area contributed by atoms with Crippen LogP contribution in [0.5, 0.6) is 0 Å². The summed E-state index contributed by atoms with van der Waals surface area (Å²) in [5.41, 5.74) is 5.13. The van der Waals surface area contributed by atoms with Crippen molar-refractivity contribution in [3.05, 3.63) is 65.9 Å². The highest BCUT2D eigenvalue weighted by Crippen LogP contribution is 2.27. The fraction of sp³-hybridized carbons (Fsp3) is 0.385. The number of hydrogen-bond donors (Lipinski definition) is 2. The highest BCUT2D eigenvalue weighted by Gasteiger charge is 2.19. The van der Waals surface area contributed by atoms with Crippen LogP contribution in [-0.2, 0) is 20.1 Å². The van der Waals surface area contributed by atoms with E-state index in [2.05, 4.69) is 58.6 Å². The molecule has 0 fully saturated rings. The SMILES string of the molecule is CNCCN(C)Cc1cccc(-c2cc(C(=O)NCc3cncn3C)c3cnn(C(C)C)c3n2)c1. The number of nitrogens with one attached hydrogen (secondary N) is 2. The highest BCUT2D eigenvalue weighted by molar-refractivity contribution is 6.06. The van der Waals surface area contributed by atoms with Crippen molar-refractivity contribution in [2.24, 2.45) is 7.05 Å². The summed E-state index contributed by atoms with van der Waals surface area (Å²) in [7, 11) is 5.98. The molecule has 0 bridgehead atoms. The molecule has 0 spiro atoms. The van der Waals surface area contributed by atoms with Gasteiger partial charge in [-0.2, -0.15) is 5.10 Å². The number of pyridine rings is 1. The standard InChI is InChI=1S/C26H34N8O/c1-18(2)34-25-23(15-30-34)22(26(35)29-14-21-13-28-17-33(21)5)12-24(31-25)20-8-6-7-19(11-20)16-32(4)10-9-27-3/h6-8,11-13,15,17-18,27H,9-10,14,16H2,1-5H3,(H,29,35). The lowest BCUT2D eigenvalue weighted by Crippen LogP contribution is -2.26. The Kier molecular flexibility index (Phi) is 7.57. The lowest BCUT2D eigenvalue weighted by atomic mass is 10.0. The van der Waals surface area contributed by atoms with E-state index >= 15 is 0 Å². The van der Waals surface area contributed by atoms with Crippen LogP contribution < -0.4 is 10.6 Å². The molecule has 0 radical (unpaired) electrons. The molecule has 0 aliphatic carbocycles. The first-order valence-electron chi connectivity index (χ1n) is 11.9. The predicted molar refractivity (Wildman–Crippen MR) is 138 cm³/mol. The van der Waals surface area contributed by atoms with E-state index < -0.39 is 0 Å². The molecule has 4 aromatic rings. The maximum absolute atomic E-state index is 13.3. The van der Waals surface area contributed by atoms with Gasteiger partial charge in [-0.1, -0.05) is 18.2 Å². The summed E-state index contributed by atoms with van der Waals surface area (Å²) in [6.07, 6.45) is 5.21. The number of aromatic nitrogens is 5. The molecule has 0 saturated heterocycles. The van der Waals surface area contributed by atoms with Crippen molar-refractivity contribution in [2.75, 3.05) is 27.2 Å². The van der Waals surface area contributed by atoms with E-state index in [0.717, 1.165) is 42.0 Å². The van der Waals surface area contributed by atoms with Gasteiger partial charge in [0.25, 0.3) is 5.91 Å². The second kappa shape index (κ2) is 10.8. The number of nitrogens with zero attached hydrogens (tertiary/aromatic N) is 6. The van der Waals surface area contributed by atoms with E-state index in [4.69, 9.17) is 4.98 Å². The van der Waals surface area contributed by atoms with Crippen molar-refractivity contribution >= 4 is 16.9 Å². The zero-order valence-corrected chi connectivity index (χ0v) is 21.1. The molecule has 0 saturated carbocycles. The maximum Gasteiger partial charge on any atom is 0.252 e. The number of hydrogen-bond acceptors (Lipinski definition) is 6. The number of benzene rings is 1. The minimum absolute atomic E-state index is 0.118. The maximum atomic E-state index is 13.3. The van der Waals surface area contributed by atoms with E-state index in [-0.39, 0.29) is 11.9 Å². The van der Waals surface area contributed by atoms with Crippen LogP contribution in [0.2, 0.25) is 0 Å². The Balaban J connectivity index is 1.69. The van der Waals surface area contributed by atoms with Crippen LogP contribution in [0.3, 0.4) is 0 Å². The largest absolute Gasteiger partial charge is 0.346 e. The first-order chi connectivity index (χ1) is 16.9. The number of carbonyl (C=O) groups is 1. The highest BCUT2D eigenvalue weighted by atomic mass is 16.1. The van der Waals surface area contributed by atoms with Crippen LogP contribution >= 0.6 is 0 Å². The van der Waals surface area contributed by atoms with Gasteiger partial charge in [0, 0.05) is 44.5 Å². The summed E-state index contributed by atoms with van der Waals surface area (Å²) in [6.45, 7) is 7.24. The average Bonchev–Trinajstić information content (AvgIpc) is 3.46. The van der Waals surface area contributed by atoms with Gasteiger partial charge in [-0.25, -0.2) is 14.6 Å². The van der Waals surface area contributed by atoms with E-state index in [1.165, 1.54) is 5.56 Å². The summed E-state index contributed by atoms with van der Waals surface area (Å²) in [5, 5.41) is 11.5. The number of fused-ring (bicyclic) bond motifs is 1. The molecule has 184 valence electrons. The lowest BCUT2D eigenvalue weighted by molar-refractivity contribution is 0.0951. The van der Waals surface area contributed by atoms with Gasteiger partial charge in [0.1, 0.15) is 0 Å². The third-order valence-corrected chi connectivity index (χ3v) is 6.07. The Hall–Kier alpha value is -3.56. The van der Waals surface area contributed by atoms with Gasteiger partial charge in [0.2, 0.25) is 0 Å². The van der Waals surface area contributed by atoms with Crippen molar-refractivity contribution < 1.29 is 4.79 Å². The van der Waals surface area contributed by atoms with Crippen LogP contribution in [0.4, 0.5) is 0 Å². The van der Waals surface area contributed by atoms with Crippen molar-refractivity contribution in [3.8, 4) is 11.3 Å². The molecule has 9 heteroatoms. The summed E-state index contributed by atoms with van der Waals surface area (Å²) in [4.78, 5) is 24.7. The van der Waals surface area contributed by atoms with Crippen molar-refractivity contribution in [1.82, 2.24) is 39.8 Å². The Labute approximate surface area is 206 Å². The Morgan fingerprint density at radius 1 is 1.20 bits per heavy atom. The number of amides is 1. The zero-order chi connectivity index (χ0) is 24.9. The third kappa shape index (κ3) is 5.58. The Morgan fingerprint density at radius 3 is 2.74 bits per heavy atom. The van der Waals surface area contributed by atoms with Crippen molar-refractivity contribution in [3.63, 3.8) is 0 Å². The molecular weight excluding hydrogens is 440 g/mol. The minimum Gasteiger partial charge on any atom is -0.346 e. The summed E-state index contributed by atoms with van der Waals surface area (Å²) in [6, 6.07) is 10.3. The molecular formula is C26H34N8O. The lowest BCUT2D eigenvalue weighted by Gasteiger charge is -2.17. The van der Waals surface area contributed by atoms with Crippen LogP contribution in [0.1, 0.15) is 41.5 Å². The van der Waals surface area contributed by atoms with Gasteiger partial charge in [-0.05, 0) is 45.6 Å². The van der Waals surface area contributed by atoms with Crippen LogP contribution in [0, 0.1) is 0 Å². The van der Waals surface area contributed by atoms with Crippen molar-refractivity contribution in [2.45, 2.75) is 33.0 Å². The van der Waals surface area contributed by atoms with Gasteiger partial charge in [-0.15, -0.1) is 0 Å².